The summed E-state index contributed by atoms with van der Waals surface area (Å²) < 4.78 is 24.1. The highest BCUT2D eigenvalue weighted by Gasteiger charge is 2.52. The van der Waals surface area contributed by atoms with E-state index < -0.39 is 57.3 Å². The monoisotopic (exact) mass is 598 g/mol. The van der Waals surface area contributed by atoms with Gasteiger partial charge >= 0.3 is 11.9 Å². The number of aliphatic carboxylic acids is 2. The van der Waals surface area contributed by atoms with Gasteiger partial charge in [-0.05, 0) is 36.8 Å². The highest BCUT2D eigenvalue weighted by molar-refractivity contribution is 7.90. The predicted octanol–water partition coefficient (Wildman–Crippen LogP) is 0.770. The number of phenols is 1. The lowest BCUT2D eigenvalue weighted by Crippen LogP contribution is -2.45. The molecule has 1 aromatic heterocycles. The smallest absolute Gasteiger partial charge is 0.326 e. The third-order valence-electron chi connectivity index (χ3n) is 6.67. The zero-order valence-electron chi connectivity index (χ0n) is 21.7. The number of carbonyl (C=O) groups excluding carboxylic acids is 1. The maximum Gasteiger partial charge on any atom is 0.326 e. The van der Waals surface area contributed by atoms with E-state index in [-0.39, 0.29) is 51.6 Å². The van der Waals surface area contributed by atoms with Crippen LogP contribution in [-0.4, -0.2) is 68.5 Å². The summed E-state index contributed by atoms with van der Waals surface area (Å²) in [5.41, 5.74) is 6.27. The van der Waals surface area contributed by atoms with E-state index in [2.05, 4.69) is 15.3 Å². The number of amides is 1. The Kier molecular flexibility index (Phi) is 7.78. The Balaban J connectivity index is 1.92. The van der Waals surface area contributed by atoms with Crippen molar-refractivity contribution >= 4 is 50.3 Å². The van der Waals surface area contributed by atoms with Crippen LogP contribution in [0.1, 0.15) is 36.2 Å². The molecule has 11 N–H and O–H groups in total. The summed E-state index contributed by atoms with van der Waals surface area (Å²) in [6.45, 7) is 0. The van der Waals surface area contributed by atoms with Gasteiger partial charge in [-0.25, -0.2) is 23.3 Å². The Morgan fingerprint density at radius 2 is 1.83 bits per heavy atom. The number of aliphatic hydroxyl groups is 1. The van der Waals surface area contributed by atoms with Gasteiger partial charge in [-0.3, -0.25) is 15.0 Å². The van der Waals surface area contributed by atoms with E-state index in [1.54, 1.807) is 0 Å². The number of aromatic amines is 1. The van der Waals surface area contributed by atoms with Gasteiger partial charge in [0.2, 0.25) is 20.7 Å². The number of allylic oxidation sites excluding steroid dienone is 1. The molecule has 0 bridgehead atoms. The van der Waals surface area contributed by atoms with Crippen LogP contribution in [0.5, 0.6) is 5.75 Å². The van der Waals surface area contributed by atoms with Gasteiger partial charge in [0.25, 0.3) is 0 Å². The third-order valence-corrected chi connectivity index (χ3v) is 8.07. The summed E-state index contributed by atoms with van der Waals surface area (Å²) in [6, 6.07) is 8.33. The average molecular weight is 599 g/mol. The summed E-state index contributed by atoms with van der Waals surface area (Å²) in [7, 11) is -4.87. The minimum absolute atomic E-state index is 0.0262. The third kappa shape index (κ3) is 5.52. The first-order valence-electron chi connectivity index (χ1n) is 12.2. The van der Waals surface area contributed by atoms with Crippen molar-refractivity contribution in [2.24, 2.45) is 10.9 Å². The quantitative estimate of drug-likeness (QED) is 0.0892. The van der Waals surface area contributed by atoms with Gasteiger partial charge in [-0.1, -0.05) is 23.8 Å². The number of nitrogens with zero attached hydrogens (tertiary/aromatic N) is 1. The molecule has 0 saturated carbocycles. The number of nitrogen functional groups attached to an aromatic ring is 1. The summed E-state index contributed by atoms with van der Waals surface area (Å²) in [5, 5.41) is 55.9. The van der Waals surface area contributed by atoms with Gasteiger partial charge in [0, 0.05) is 23.1 Å². The van der Waals surface area contributed by atoms with Crippen LogP contribution in [0, 0.1) is 5.41 Å². The second kappa shape index (κ2) is 11.0. The molecule has 0 fully saturated rings. The molecule has 0 saturated heterocycles. The van der Waals surface area contributed by atoms with Crippen molar-refractivity contribution < 1.29 is 43.2 Å². The van der Waals surface area contributed by atoms with E-state index in [1.807, 2.05) is 0 Å². The van der Waals surface area contributed by atoms with E-state index in [4.69, 9.17) is 21.4 Å². The Labute approximate surface area is 237 Å². The molecule has 15 nitrogen and oxygen atoms in total. The number of nitrogens with one attached hydrogen (secondary N) is 3. The van der Waals surface area contributed by atoms with Gasteiger partial charge in [0.1, 0.15) is 29.2 Å². The number of carboxylic acids is 2. The SMILES string of the molecule is N=C(N)c1ccc2nc(C3(S(N)(=O)=O)C=C(CC(=O)NC(CC(=O)O)C(=O)O)CC(c4ccccc4O)=C3O)[nH]c2c1. The Bertz CT molecular complexity index is 1810. The molecule has 42 heavy (non-hydrogen) atoms. The van der Waals surface area contributed by atoms with Crippen molar-refractivity contribution in [1.82, 2.24) is 15.3 Å². The number of H-pyrrole nitrogens is 1. The fourth-order valence-electron chi connectivity index (χ4n) is 4.72. The molecule has 220 valence electrons. The van der Waals surface area contributed by atoms with E-state index >= 15 is 0 Å². The number of para-hydroxylation sites is 1. The Morgan fingerprint density at radius 1 is 1.14 bits per heavy atom. The van der Waals surface area contributed by atoms with Crippen molar-refractivity contribution in [3.05, 3.63) is 76.8 Å². The zero-order valence-corrected chi connectivity index (χ0v) is 22.5. The highest BCUT2D eigenvalue weighted by Crippen LogP contribution is 2.47. The van der Waals surface area contributed by atoms with Crippen molar-refractivity contribution in [3.8, 4) is 5.75 Å². The largest absolute Gasteiger partial charge is 0.509 e. The lowest BCUT2D eigenvalue weighted by Gasteiger charge is -2.33. The normalized spacial score (nSPS) is 17.9. The highest BCUT2D eigenvalue weighted by atomic mass is 32.2. The number of hydrogen-bond acceptors (Lipinski definition) is 9. The number of carboxylic acid groups (broad SMARTS) is 2. The second-order valence-corrected chi connectivity index (χ2v) is 11.3. The van der Waals surface area contributed by atoms with Crippen LogP contribution in [-0.2, 0) is 29.2 Å². The molecule has 1 aliphatic rings. The first kappa shape index (κ1) is 29.8. The lowest BCUT2D eigenvalue weighted by atomic mass is 9.83. The van der Waals surface area contributed by atoms with Crippen molar-refractivity contribution in [2.45, 2.75) is 30.1 Å². The Hall–Kier alpha value is -5.22. The minimum atomic E-state index is -4.87. The molecule has 2 aromatic carbocycles. The number of aromatic nitrogens is 2. The molecule has 1 aliphatic carbocycles. The predicted molar refractivity (Wildman–Crippen MR) is 149 cm³/mol. The van der Waals surface area contributed by atoms with E-state index in [1.165, 1.54) is 42.5 Å². The molecule has 1 amide bonds. The first-order chi connectivity index (χ1) is 19.6. The van der Waals surface area contributed by atoms with Crippen molar-refractivity contribution in [2.75, 3.05) is 0 Å². The van der Waals surface area contributed by atoms with E-state index in [0.717, 1.165) is 6.08 Å². The number of aliphatic hydroxyl groups excluding tert-OH is 1. The van der Waals surface area contributed by atoms with Crippen LogP contribution in [0.25, 0.3) is 16.6 Å². The number of nitrogens with two attached hydrogens (primary N) is 2. The van der Waals surface area contributed by atoms with E-state index in [9.17, 15) is 38.1 Å². The first-order valence-corrected chi connectivity index (χ1v) is 13.7. The maximum absolute atomic E-state index is 13.4. The standard InChI is InChI=1S/C26H26N6O9S/c27-23(28)13-5-6-16-17(9-13)32-25(31-16)26(42(29,40)41)11-12(8-20(34)30-18(24(38)39)10-21(35)36)7-15(22(26)37)14-3-1-2-4-19(14)33/h1-6,9,11,18,33,37H,7-8,10H2,(H3,27,28)(H,30,34)(H,31,32)(H,35,36)(H,38,39)(H2,29,40,41). The number of benzene rings is 2. The number of amidine groups is 1. The number of hydrogen-bond donors (Lipinski definition) is 9. The summed E-state index contributed by atoms with van der Waals surface area (Å²) in [6.07, 6.45) is -0.803. The molecular formula is C26H26N6O9S. The number of imidazole rings is 1. The fourth-order valence-corrected chi connectivity index (χ4v) is 5.81. The molecule has 4 rings (SSSR count). The molecule has 0 spiro atoms. The van der Waals surface area contributed by atoms with Crippen LogP contribution in [0.15, 0.2) is 59.9 Å². The number of phenolic OH excluding ortho intramolecular Hbond substituents is 1. The van der Waals surface area contributed by atoms with Crippen molar-refractivity contribution in [3.63, 3.8) is 0 Å². The average Bonchev–Trinajstić information content (AvgIpc) is 3.32. The number of sulfonamides is 1. The summed E-state index contributed by atoms with van der Waals surface area (Å²) in [5.74, 6) is -5.80. The number of primary sulfonamides is 1. The number of rotatable bonds is 10. The number of carbonyl (C=O) groups is 3. The molecular weight excluding hydrogens is 572 g/mol. The molecule has 16 heteroatoms. The molecule has 2 atom stereocenters. The number of fused-ring (bicyclic) bond motifs is 1. The molecule has 0 radical (unpaired) electrons. The van der Waals surface area contributed by atoms with Gasteiger partial charge in [0.15, 0.2) is 0 Å². The lowest BCUT2D eigenvalue weighted by molar-refractivity contribution is -0.147. The zero-order chi connectivity index (χ0) is 31.0. The number of aromatic hydroxyl groups is 1. The summed E-state index contributed by atoms with van der Waals surface area (Å²) >= 11 is 0. The van der Waals surface area contributed by atoms with Crippen molar-refractivity contribution in [1.29, 1.82) is 5.41 Å². The van der Waals surface area contributed by atoms with E-state index in [0.29, 0.717) is 5.56 Å². The van der Waals surface area contributed by atoms with Gasteiger partial charge in [-0.2, -0.15) is 0 Å². The topological polar surface area (TPSA) is 283 Å². The second-order valence-electron chi connectivity index (χ2n) is 9.57. The van der Waals surface area contributed by atoms with Crippen LogP contribution >= 0.6 is 0 Å². The van der Waals surface area contributed by atoms with Gasteiger partial charge in [-0.15, -0.1) is 0 Å². The van der Waals surface area contributed by atoms with Crippen LogP contribution in [0.2, 0.25) is 0 Å². The molecule has 1 heterocycles. The minimum Gasteiger partial charge on any atom is -0.509 e. The van der Waals surface area contributed by atoms with Crippen LogP contribution < -0.4 is 16.2 Å². The van der Waals surface area contributed by atoms with Gasteiger partial charge < -0.3 is 36.5 Å². The van der Waals surface area contributed by atoms with Crippen LogP contribution in [0.3, 0.4) is 0 Å². The summed E-state index contributed by atoms with van der Waals surface area (Å²) in [4.78, 5) is 42.5. The molecule has 2 unspecified atom stereocenters. The maximum atomic E-state index is 13.4. The Morgan fingerprint density at radius 3 is 2.43 bits per heavy atom. The molecule has 3 aromatic rings. The fraction of sp³-hybridized carbons (Fsp3) is 0.192. The van der Waals surface area contributed by atoms with Gasteiger partial charge in [0.05, 0.1) is 17.5 Å². The molecule has 0 aliphatic heterocycles. The van der Waals surface area contributed by atoms with Crippen LogP contribution in [0.4, 0.5) is 0 Å².